The molecule has 0 aliphatic heterocycles. The zero-order valence-electron chi connectivity index (χ0n) is 5.94. The van der Waals surface area contributed by atoms with E-state index in [9.17, 15) is 0 Å². The van der Waals surface area contributed by atoms with Crippen molar-refractivity contribution in [3.8, 4) is 5.69 Å². The van der Waals surface area contributed by atoms with Crippen molar-refractivity contribution in [1.82, 2.24) is 9.55 Å². The second-order valence-corrected chi connectivity index (χ2v) is 2.23. The maximum atomic E-state index is 3.96. The molecule has 0 spiro atoms. The topological polar surface area (TPSA) is 17.8 Å². The van der Waals surface area contributed by atoms with Crippen LogP contribution >= 0.6 is 0 Å². The lowest BCUT2D eigenvalue weighted by Crippen LogP contribution is -1.88. The van der Waals surface area contributed by atoms with Gasteiger partial charge >= 0.3 is 0 Å². The summed E-state index contributed by atoms with van der Waals surface area (Å²) in [7, 11) is 0. The number of hydrogen-bond acceptors (Lipinski definition) is 1. The normalized spacial score (nSPS) is 9.82. The molecule has 0 N–H and O–H groups in total. The molecule has 0 fully saturated rings. The summed E-state index contributed by atoms with van der Waals surface area (Å²) >= 11 is 0. The van der Waals surface area contributed by atoms with E-state index in [2.05, 4.69) is 11.1 Å². The van der Waals surface area contributed by atoms with Crippen molar-refractivity contribution in [2.24, 2.45) is 0 Å². The van der Waals surface area contributed by atoms with Crippen molar-refractivity contribution >= 4 is 0 Å². The van der Waals surface area contributed by atoms with Gasteiger partial charge in [-0.05, 0) is 18.2 Å². The van der Waals surface area contributed by atoms with Crippen LogP contribution in [0, 0.1) is 6.07 Å². The van der Waals surface area contributed by atoms with Crippen LogP contribution in [0.2, 0.25) is 0 Å². The maximum absolute atomic E-state index is 3.96. The van der Waals surface area contributed by atoms with Crippen LogP contribution in [0.4, 0.5) is 0 Å². The lowest BCUT2D eigenvalue weighted by Gasteiger charge is -1.98. The van der Waals surface area contributed by atoms with E-state index < -0.39 is 0 Å². The van der Waals surface area contributed by atoms with Gasteiger partial charge in [0.15, 0.2) is 0 Å². The van der Waals surface area contributed by atoms with Crippen LogP contribution in [-0.4, -0.2) is 9.55 Å². The molecule has 0 aliphatic rings. The van der Waals surface area contributed by atoms with Crippen molar-refractivity contribution in [2.75, 3.05) is 0 Å². The fourth-order valence-electron chi connectivity index (χ4n) is 0.964. The second-order valence-electron chi connectivity index (χ2n) is 2.23. The molecule has 53 valence electrons. The summed E-state index contributed by atoms with van der Waals surface area (Å²) in [5, 5.41) is 0. The van der Waals surface area contributed by atoms with Crippen molar-refractivity contribution in [3.63, 3.8) is 0 Å². The number of pyridine rings is 1. The van der Waals surface area contributed by atoms with Gasteiger partial charge in [0.25, 0.3) is 0 Å². The summed E-state index contributed by atoms with van der Waals surface area (Å²) < 4.78 is 1.99. The van der Waals surface area contributed by atoms with Gasteiger partial charge in [-0.3, -0.25) is 4.98 Å². The molecule has 0 atom stereocenters. The highest BCUT2D eigenvalue weighted by molar-refractivity contribution is 5.27. The van der Waals surface area contributed by atoms with E-state index in [1.807, 2.05) is 35.2 Å². The summed E-state index contributed by atoms with van der Waals surface area (Å²) in [6.07, 6.45) is 7.40. The standard InChI is InChI=1S/C9H7N2/c1-2-7-11(6-1)9-4-3-5-10-8-9/h1-2,4-8H. The van der Waals surface area contributed by atoms with Gasteiger partial charge in [-0.15, -0.1) is 0 Å². The summed E-state index contributed by atoms with van der Waals surface area (Å²) in [6, 6.07) is 8.77. The molecule has 0 saturated carbocycles. The first kappa shape index (κ1) is 6.16. The number of aromatic nitrogens is 2. The fourth-order valence-corrected chi connectivity index (χ4v) is 0.964. The SMILES string of the molecule is [c]1cncc(-n2cccc2)c1. The van der Waals surface area contributed by atoms with Gasteiger partial charge in [0, 0.05) is 24.7 Å². The predicted molar refractivity (Wildman–Crippen MR) is 42.4 cm³/mol. The van der Waals surface area contributed by atoms with Crippen LogP contribution in [0.3, 0.4) is 0 Å². The maximum Gasteiger partial charge on any atom is 0.0639 e. The number of nitrogens with zero attached hydrogens (tertiary/aromatic N) is 2. The number of rotatable bonds is 1. The largest absolute Gasteiger partial charge is 0.322 e. The third-order valence-electron chi connectivity index (χ3n) is 1.49. The molecule has 2 rings (SSSR count). The molecule has 0 aliphatic carbocycles. The van der Waals surface area contributed by atoms with Gasteiger partial charge in [0.1, 0.15) is 0 Å². The summed E-state index contributed by atoms with van der Waals surface area (Å²) in [5.74, 6) is 0. The Kier molecular flexibility index (Phi) is 1.44. The highest BCUT2D eigenvalue weighted by atomic mass is 14.9. The molecule has 0 bridgehead atoms. The van der Waals surface area contributed by atoms with Crippen LogP contribution in [0.15, 0.2) is 43.0 Å². The van der Waals surface area contributed by atoms with Crippen LogP contribution in [-0.2, 0) is 0 Å². The molecule has 2 aromatic heterocycles. The molecule has 0 amide bonds. The van der Waals surface area contributed by atoms with Crippen LogP contribution in [0.1, 0.15) is 0 Å². The van der Waals surface area contributed by atoms with Gasteiger partial charge in [-0.25, -0.2) is 0 Å². The van der Waals surface area contributed by atoms with E-state index in [-0.39, 0.29) is 0 Å². The Labute approximate surface area is 65.1 Å². The third-order valence-corrected chi connectivity index (χ3v) is 1.49. The first-order valence-electron chi connectivity index (χ1n) is 3.41. The molecule has 2 heteroatoms. The lowest BCUT2D eigenvalue weighted by molar-refractivity contribution is 1.06. The second kappa shape index (κ2) is 2.58. The molecular weight excluding hydrogens is 136 g/mol. The van der Waals surface area contributed by atoms with Gasteiger partial charge in [-0.2, -0.15) is 0 Å². The van der Waals surface area contributed by atoms with Gasteiger partial charge in [0.2, 0.25) is 0 Å². The highest BCUT2D eigenvalue weighted by Crippen LogP contribution is 2.03. The quantitative estimate of drug-likeness (QED) is 0.593. The Morgan fingerprint density at radius 2 is 2.09 bits per heavy atom. The molecule has 2 aromatic rings. The summed E-state index contributed by atoms with van der Waals surface area (Å²) in [5.41, 5.74) is 1.04. The molecule has 2 nitrogen and oxygen atoms in total. The van der Waals surface area contributed by atoms with Crippen molar-refractivity contribution < 1.29 is 0 Å². The van der Waals surface area contributed by atoms with E-state index in [0.29, 0.717) is 0 Å². The van der Waals surface area contributed by atoms with E-state index in [4.69, 9.17) is 0 Å². The average molecular weight is 143 g/mol. The van der Waals surface area contributed by atoms with Crippen LogP contribution in [0.25, 0.3) is 5.69 Å². The van der Waals surface area contributed by atoms with Gasteiger partial charge < -0.3 is 4.57 Å². The zero-order chi connectivity index (χ0) is 7.52. The predicted octanol–water partition coefficient (Wildman–Crippen LogP) is 1.67. The van der Waals surface area contributed by atoms with E-state index in [1.54, 1.807) is 12.4 Å². The number of hydrogen-bond donors (Lipinski definition) is 0. The van der Waals surface area contributed by atoms with Gasteiger partial charge in [-0.1, -0.05) is 0 Å². The molecule has 0 unspecified atom stereocenters. The van der Waals surface area contributed by atoms with E-state index >= 15 is 0 Å². The summed E-state index contributed by atoms with van der Waals surface area (Å²) in [4.78, 5) is 3.96. The molecule has 0 saturated heterocycles. The lowest BCUT2D eigenvalue weighted by atomic mass is 10.4. The van der Waals surface area contributed by atoms with Gasteiger partial charge in [0.05, 0.1) is 11.9 Å². The average Bonchev–Trinajstić information content (AvgIpc) is 2.58. The first-order valence-corrected chi connectivity index (χ1v) is 3.41. The monoisotopic (exact) mass is 143 g/mol. The Hall–Kier alpha value is -1.57. The highest BCUT2D eigenvalue weighted by Gasteiger charge is 1.90. The molecular formula is C9H7N2. The summed E-state index contributed by atoms with van der Waals surface area (Å²) in [6.45, 7) is 0. The minimum atomic E-state index is 1.04. The molecule has 2 heterocycles. The first-order chi connectivity index (χ1) is 5.47. The van der Waals surface area contributed by atoms with Crippen LogP contribution in [0.5, 0.6) is 0 Å². The van der Waals surface area contributed by atoms with Crippen LogP contribution < -0.4 is 0 Å². The van der Waals surface area contributed by atoms with Crippen molar-refractivity contribution in [2.45, 2.75) is 0 Å². The van der Waals surface area contributed by atoms with E-state index in [1.165, 1.54) is 0 Å². The minimum Gasteiger partial charge on any atom is -0.322 e. The zero-order valence-corrected chi connectivity index (χ0v) is 5.94. The smallest absolute Gasteiger partial charge is 0.0639 e. The van der Waals surface area contributed by atoms with E-state index in [0.717, 1.165) is 5.69 Å². The third kappa shape index (κ3) is 1.15. The molecule has 0 aromatic carbocycles. The Bertz CT molecular complexity index is 311. The minimum absolute atomic E-state index is 1.04. The molecule has 1 radical (unpaired) electrons. The molecule has 11 heavy (non-hydrogen) atoms. The Balaban J connectivity index is 2.46. The Morgan fingerprint density at radius 3 is 2.73 bits per heavy atom. The fraction of sp³-hybridized carbons (Fsp3) is 0. The van der Waals surface area contributed by atoms with Crippen molar-refractivity contribution in [1.29, 1.82) is 0 Å². The van der Waals surface area contributed by atoms with Crippen molar-refractivity contribution in [3.05, 3.63) is 49.1 Å². The Morgan fingerprint density at radius 1 is 1.27 bits per heavy atom.